The largest absolute Gasteiger partial charge is 0.491 e. The van der Waals surface area contributed by atoms with Crippen molar-refractivity contribution < 1.29 is 23.1 Å². The molecule has 0 saturated carbocycles. The van der Waals surface area contributed by atoms with Crippen LogP contribution in [0.4, 0.5) is 4.39 Å². The zero-order valence-electron chi connectivity index (χ0n) is 12.9. The summed E-state index contributed by atoms with van der Waals surface area (Å²) in [5.41, 5.74) is 1.40. The van der Waals surface area contributed by atoms with Gasteiger partial charge in [0.05, 0.1) is 17.2 Å². The highest BCUT2D eigenvalue weighted by Gasteiger charge is 2.29. The Labute approximate surface area is 137 Å². The van der Waals surface area contributed by atoms with Gasteiger partial charge in [0.15, 0.2) is 5.78 Å². The van der Waals surface area contributed by atoms with Crippen LogP contribution >= 0.6 is 0 Å². The number of carbonyl (C=O) groups is 2. The lowest BCUT2D eigenvalue weighted by atomic mass is 9.93. The van der Waals surface area contributed by atoms with Gasteiger partial charge in [-0.1, -0.05) is 0 Å². The zero-order valence-corrected chi connectivity index (χ0v) is 12.9. The highest BCUT2D eigenvalue weighted by molar-refractivity contribution is 6.09. The molecule has 0 fully saturated rings. The SMILES string of the molecule is O=C(NC1COc2ccc(F)cc2C1)c1coc2c1C(=O)CCC2. The molecule has 0 spiro atoms. The van der Waals surface area contributed by atoms with Crippen LogP contribution in [0.1, 0.15) is 44.9 Å². The number of furan rings is 1. The van der Waals surface area contributed by atoms with E-state index in [0.29, 0.717) is 42.9 Å². The second-order valence-corrected chi connectivity index (χ2v) is 6.16. The number of benzene rings is 1. The molecule has 1 aliphatic carbocycles. The van der Waals surface area contributed by atoms with Gasteiger partial charge in [0.2, 0.25) is 0 Å². The molecule has 1 aromatic heterocycles. The maximum atomic E-state index is 13.3. The van der Waals surface area contributed by atoms with E-state index >= 15 is 0 Å². The molecule has 24 heavy (non-hydrogen) atoms. The first-order chi connectivity index (χ1) is 11.6. The van der Waals surface area contributed by atoms with Crippen LogP contribution in [-0.2, 0) is 12.8 Å². The van der Waals surface area contributed by atoms with Gasteiger partial charge in [0.1, 0.15) is 30.2 Å². The lowest BCUT2D eigenvalue weighted by Crippen LogP contribution is -2.43. The predicted molar refractivity (Wildman–Crippen MR) is 82.8 cm³/mol. The minimum atomic E-state index is -0.358. The van der Waals surface area contributed by atoms with E-state index in [1.54, 1.807) is 6.07 Å². The van der Waals surface area contributed by atoms with E-state index in [2.05, 4.69) is 5.32 Å². The minimum absolute atomic E-state index is 0.0533. The molecule has 1 unspecified atom stereocenters. The van der Waals surface area contributed by atoms with Crippen LogP contribution in [0.2, 0.25) is 0 Å². The molecule has 1 atom stereocenters. The van der Waals surface area contributed by atoms with Crippen LogP contribution in [0, 0.1) is 5.82 Å². The highest BCUT2D eigenvalue weighted by Crippen LogP contribution is 2.28. The maximum absolute atomic E-state index is 13.3. The van der Waals surface area contributed by atoms with E-state index in [-0.39, 0.29) is 29.1 Å². The topological polar surface area (TPSA) is 68.5 Å². The van der Waals surface area contributed by atoms with Gasteiger partial charge in [-0.15, -0.1) is 0 Å². The Hall–Kier alpha value is -2.63. The number of carbonyl (C=O) groups excluding carboxylic acids is 2. The molecule has 4 rings (SSSR count). The first kappa shape index (κ1) is 14.9. The number of ether oxygens (including phenoxy) is 1. The number of hydrogen-bond donors (Lipinski definition) is 1. The average Bonchev–Trinajstić information content (AvgIpc) is 3.00. The quantitative estimate of drug-likeness (QED) is 0.920. The van der Waals surface area contributed by atoms with E-state index < -0.39 is 0 Å². The van der Waals surface area contributed by atoms with Gasteiger partial charge in [0.25, 0.3) is 5.91 Å². The lowest BCUT2D eigenvalue weighted by molar-refractivity contribution is 0.0899. The Morgan fingerprint density at radius 1 is 1.29 bits per heavy atom. The van der Waals surface area contributed by atoms with Crippen molar-refractivity contribution in [3.8, 4) is 5.75 Å². The van der Waals surface area contributed by atoms with Crippen molar-refractivity contribution in [1.82, 2.24) is 5.32 Å². The number of halogens is 1. The maximum Gasteiger partial charge on any atom is 0.255 e. The third-order valence-electron chi connectivity index (χ3n) is 4.46. The summed E-state index contributed by atoms with van der Waals surface area (Å²) in [6, 6.07) is 4.07. The first-order valence-electron chi connectivity index (χ1n) is 7.97. The number of nitrogens with one attached hydrogen (secondary N) is 1. The monoisotopic (exact) mass is 329 g/mol. The Morgan fingerprint density at radius 3 is 3.04 bits per heavy atom. The van der Waals surface area contributed by atoms with Crippen LogP contribution in [0.3, 0.4) is 0 Å². The van der Waals surface area contributed by atoms with Crippen LogP contribution in [-0.4, -0.2) is 24.3 Å². The average molecular weight is 329 g/mol. The number of fused-ring (bicyclic) bond motifs is 2. The van der Waals surface area contributed by atoms with E-state index in [0.717, 1.165) is 12.0 Å². The van der Waals surface area contributed by atoms with Crippen molar-refractivity contribution in [3.05, 3.63) is 52.7 Å². The van der Waals surface area contributed by atoms with Crippen molar-refractivity contribution in [2.24, 2.45) is 0 Å². The molecule has 6 heteroatoms. The van der Waals surface area contributed by atoms with Gasteiger partial charge in [-0.05, 0) is 36.6 Å². The number of Topliss-reactive ketones (excluding diaryl/α,β-unsaturated/α-hetero) is 1. The van der Waals surface area contributed by atoms with Crippen molar-refractivity contribution >= 4 is 11.7 Å². The van der Waals surface area contributed by atoms with E-state index in [1.165, 1.54) is 18.4 Å². The van der Waals surface area contributed by atoms with Crippen LogP contribution < -0.4 is 10.1 Å². The highest BCUT2D eigenvalue weighted by atomic mass is 19.1. The molecule has 5 nitrogen and oxygen atoms in total. The normalized spacial score (nSPS) is 19.2. The fourth-order valence-electron chi connectivity index (χ4n) is 3.31. The summed E-state index contributed by atoms with van der Waals surface area (Å²) in [6.07, 6.45) is 3.69. The summed E-state index contributed by atoms with van der Waals surface area (Å²) in [4.78, 5) is 24.6. The Balaban J connectivity index is 1.52. The van der Waals surface area contributed by atoms with Crippen LogP contribution in [0.15, 0.2) is 28.9 Å². The summed E-state index contributed by atoms with van der Waals surface area (Å²) in [5, 5.41) is 2.85. The fourth-order valence-corrected chi connectivity index (χ4v) is 3.31. The fraction of sp³-hybridized carbons (Fsp3) is 0.333. The van der Waals surface area contributed by atoms with Gasteiger partial charge < -0.3 is 14.5 Å². The predicted octanol–water partition coefficient (Wildman–Crippen LogP) is 2.67. The minimum Gasteiger partial charge on any atom is -0.491 e. The smallest absolute Gasteiger partial charge is 0.255 e. The van der Waals surface area contributed by atoms with Crippen molar-refractivity contribution in [2.75, 3.05) is 6.61 Å². The second kappa shape index (κ2) is 5.78. The third kappa shape index (κ3) is 2.58. The van der Waals surface area contributed by atoms with E-state index in [1.807, 2.05) is 0 Å². The van der Waals surface area contributed by atoms with Crippen molar-refractivity contribution in [2.45, 2.75) is 31.7 Å². The molecule has 2 aliphatic rings. The van der Waals surface area contributed by atoms with E-state index in [4.69, 9.17) is 9.15 Å². The molecular formula is C18H16FNO4. The molecular weight excluding hydrogens is 313 g/mol. The van der Waals surface area contributed by atoms with Gasteiger partial charge in [-0.3, -0.25) is 9.59 Å². The molecule has 0 bridgehead atoms. The number of aryl methyl sites for hydroxylation is 1. The van der Waals surface area contributed by atoms with E-state index in [9.17, 15) is 14.0 Å². The first-order valence-corrected chi connectivity index (χ1v) is 7.97. The molecule has 0 radical (unpaired) electrons. The number of rotatable bonds is 2. The standard InChI is InChI=1S/C18H16FNO4/c19-11-4-5-15-10(6-11)7-12(8-23-15)20-18(22)13-9-24-16-3-1-2-14(21)17(13)16/h4-6,9,12H,1-3,7-8H2,(H,20,22). The zero-order chi connectivity index (χ0) is 16.7. The summed E-state index contributed by atoms with van der Waals surface area (Å²) >= 11 is 0. The Kier molecular flexibility index (Phi) is 3.59. The Morgan fingerprint density at radius 2 is 2.17 bits per heavy atom. The van der Waals surface area contributed by atoms with Gasteiger partial charge >= 0.3 is 0 Å². The molecule has 0 saturated heterocycles. The molecule has 1 amide bonds. The molecule has 124 valence electrons. The molecule has 1 aromatic carbocycles. The second-order valence-electron chi connectivity index (χ2n) is 6.16. The summed E-state index contributed by atoms with van der Waals surface area (Å²) in [5.74, 6) is 0.478. The molecule has 1 N–H and O–H groups in total. The van der Waals surface area contributed by atoms with Gasteiger partial charge in [0, 0.05) is 12.8 Å². The lowest BCUT2D eigenvalue weighted by Gasteiger charge is -2.26. The molecule has 1 aliphatic heterocycles. The van der Waals surface area contributed by atoms with Crippen molar-refractivity contribution in [3.63, 3.8) is 0 Å². The molecule has 2 heterocycles. The summed E-state index contributed by atoms with van der Waals surface area (Å²) < 4.78 is 24.3. The summed E-state index contributed by atoms with van der Waals surface area (Å²) in [7, 11) is 0. The number of ketones is 1. The Bertz CT molecular complexity index is 826. The molecule has 2 aromatic rings. The van der Waals surface area contributed by atoms with Gasteiger partial charge in [-0.25, -0.2) is 4.39 Å². The van der Waals surface area contributed by atoms with Crippen molar-refractivity contribution in [1.29, 1.82) is 0 Å². The van der Waals surface area contributed by atoms with Crippen LogP contribution in [0.25, 0.3) is 0 Å². The number of amides is 1. The number of hydrogen-bond acceptors (Lipinski definition) is 4. The van der Waals surface area contributed by atoms with Crippen LogP contribution in [0.5, 0.6) is 5.75 Å². The third-order valence-corrected chi connectivity index (χ3v) is 4.46. The summed E-state index contributed by atoms with van der Waals surface area (Å²) in [6.45, 7) is 0.304. The van der Waals surface area contributed by atoms with Gasteiger partial charge in [-0.2, -0.15) is 0 Å².